The zero-order valence-corrected chi connectivity index (χ0v) is 7.88. The summed E-state index contributed by atoms with van der Waals surface area (Å²) in [7, 11) is 0. The van der Waals surface area contributed by atoms with Crippen LogP contribution in [-0.2, 0) is 0 Å². The first-order valence-corrected chi connectivity index (χ1v) is 3.98. The van der Waals surface area contributed by atoms with Gasteiger partial charge in [0, 0.05) is 0 Å². The molecule has 0 atom stereocenters. The minimum Gasteiger partial charge on any atom is -0.0991 e. The number of rotatable bonds is 1. The number of benzene rings is 1. The molecule has 64 valence electrons. The summed E-state index contributed by atoms with van der Waals surface area (Å²) in [6.07, 6.45) is 3.28. The first-order valence-electron chi connectivity index (χ1n) is 3.98. The van der Waals surface area contributed by atoms with E-state index in [0.29, 0.717) is 0 Å². The Kier molecular flexibility index (Phi) is 5.72. The van der Waals surface area contributed by atoms with Crippen LogP contribution in [0.5, 0.6) is 0 Å². The molecular formula is C12H16. The molecule has 1 aromatic carbocycles. The number of aryl methyl sites for hydroxylation is 2. The van der Waals surface area contributed by atoms with E-state index in [1.807, 2.05) is 0 Å². The Morgan fingerprint density at radius 2 is 1.25 bits per heavy atom. The van der Waals surface area contributed by atoms with Crippen LogP contribution in [0.3, 0.4) is 0 Å². The molecule has 0 aliphatic heterocycles. The van der Waals surface area contributed by atoms with Gasteiger partial charge < -0.3 is 0 Å². The fraction of sp³-hybridized carbons (Fsp3) is 0.167. The number of allylic oxidation sites excluding steroid dienone is 2. The Morgan fingerprint density at radius 3 is 1.42 bits per heavy atom. The monoisotopic (exact) mass is 160 g/mol. The van der Waals surface area contributed by atoms with Crippen molar-refractivity contribution >= 4 is 0 Å². The van der Waals surface area contributed by atoms with Gasteiger partial charge in [-0.25, -0.2) is 0 Å². The first kappa shape index (κ1) is 10.7. The van der Waals surface area contributed by atoms with Crippen LogP contribution in [-0.4, -0.2) is 0 Å². The van der Waals surface area contributed by atoms with Crippen LogP contribution in [0.1, 0.15) is 11.1 Å². The molecule has 0 radical (unpaired) electrons. The van der Waals surface area contributed by atoms with E-state index in [1.165, 1.54) is 11.1 Å². The van der Waals surface area contributed by atoms with Crippen LogP contribution in [0.15, 0.2) is 49.6 Å². The molecule has 0 N–H and O–H groups in total. The molecule has 0 saturated heterocycles. The van der Waals surface area contributed by atoms with Crippen molar-refractivity contribution in [1.82, 2.24) is 0 Å². The third-order valence-corrected chi connectivity index (χ3v) is 1.59. The molecule has 0 saturated carbocycles. The van der Waals surface area contributed by atoms with Crippen molar-refractivity contribution in [2.75, 3.05) is 0 Å². The predicted molar refractivity (Wildman–Crippen MR) is 56.3 cm³/mol. The molecule has 1 aromatic rings. The van der Waals surface area contributed by atoms with Gasteiger partial charge in [-0.1, -0.05) is 49.6 Å². The van der Waals surface area contributed by atoms with Gasteiger partial charge in [-0.15, -0.1) is 0 Å². The van der Waals surface area contributed by atoms with Crippen LogP contribution < -0.4 is 0 Å². The molecule has 0 heterocycles. The Labute approximate surface area is 75.2 Å². The normalized spacial score (nSPS) is 7.83. The smallest absolute Gasteiger partial charge is 0.0395 e. The second kappa shape index (κ2) is 6.41. The Morgan fingerprint density at radius 1 is 0.917 bits per heavy atom. The average Bonchev–Trinajstić information content (AvgIpc) is 2.11. The maximum absolute atomic E-state index is 3.36. The highest BCUT2D eigenvalue weighted by Gasteiger charge is 1.83. The van der Waals surface area contributed by atoms with Crippen molar-refractivity contribution in [3.8, 4) is 0 Å². The molecule has 1 rings (SSSR count). The minimum absolute atomic E-state index is 1.37. The summed E-state index contributed by atoms with van der Waals surface area (Å²) in [6.45, 7) is 11.0. The summed E-state index contributed by atoms with van der Waals surface area (Å²) in [5.74, 6) is 0. The fourth-order valence-electron chi connectivity index (χ4n) is 0.663. The van der Waals surface area contributed by atoms with E-state index in [0.717, 1.165) is 0 Å². The van der Waals surface area contributed by atoms with Gasteiger partial charge in [0.1, 0.15) is 0 Å². The lowest BCUT2D eigenvalue weighted by molar-refractivity contribution is 1.34. The van der Waals surface area contributed by atoms with Crippen molar-refractivity contribution in [3.63, 3.8) is 0 Å². The Balaban J connectivity index is 0.000000261. The second-order valence-electron chi connectivity index (χ2n) is 2.56. The van der Waals surface area contributed by atoms with Crippen LogP contribution >= 0.6 is 0 Å². The zero-order valence-electron chi connectivity index (χ0n) is 7.88. The van der Waals surface area contributed by atoms with Gasteiger partial charge in [0.05, 0.1) is 0 Å². The molecule has 12 heavy (non-hydrogen) atoms. The summed E-state index contributed by atoms with van der Waals surface area (Å²) >= 11 is 0. The second-order valence-corrected chi connectivity index (χ2v) is 2.56. The third-order valence-electron chi connectivity index (χ3n) is 1.59. The molecule has 0 fully saturated rings. The summed E-state index contributed by atoms with van der Waals surface area (Å²) in [5.41, 5.74) is 2.74. The van der Waals surface area contributed by atoms with Crippen LogP contribution in [0.2, 0.25) is 0 Å². The highest BCUT2D eigenvalue weighted by atomic mass is 13.9. The van der Waals surface area contributed by atoms with Gasteiger partial charge in [-0.05, 0) is 25.0 Å². The predicted octanol–water partition coefficient (Wildman–Crippen LogP) is 3.66. The molecule has 0 unspecified atom stereocenters. The maximum Gasteiger partial charge on any atom is -0.0395 e. The van der Waals surface area contributed by atoms with E-state index in [-0.39, 0.29) is 0 Å². The van der Waals surface area contributed by atoms with E-state index in [1.54, 1.807) is 12.2 Å². The van der Waals surface area contributed by atoms with Crippen molar-refractivity contribution in [2.24, 2.45) is 0 Å². The highest BCUT2D eigenvalue weighted by molar-refractivity contribution is 5.23. The van der Waals surface area contributed by atoms with E-state index in [4.69, 9.17) is 0 Å². The van der Waals surface area contributed by atoms with Gasteiger partial charge >= 0.3 is 0 Å². The summed E-state index contributed by atoms with van der Waals surface area (Å²) in [5, 5.41) is 0. The van der Waals surface area contributed by atoms with Gasteiger partial charge in [-0.2, -0.15) is 0 Å². The molecule has 0 spiro atoms. The quantitative estimate of drug-likeness (QED) is 0.550. The summed E-state index contributed by atoms with van der Waals surface area (Å²) in [4.78, 5) is 0. The van der Waals surface area contributed by atoms with Crippen molar-refractivity contribution in [1.29, 1.82) is 0 Å². The SMILES string of the molecule is C=CC=C.Cc1ccccc1C. The van der Waals surface area contributed by atoms with Crippen LogP contribution in [0.25, 0.3) is 0 Å². The van der Waals surface area contributed by atoms with Crippen LogP contribution in [0, 0.1) is 13.8 Å². The lowest BCUT2D eigenvalue weighted by Crippen LogP contribution is -1.74. The third kappa shape index (κ3) is 4.51. The largest absolute Gasteiger partial charge is 0.0991 e. The molecule has 0 aromatic heterocycles. The van der Waals surface area contributed by atoms with Crippen molar-refractivity contribution < 1.29 is 0 Å². The van der Waals surface area contributed by atoms with E-state index >= 15 is 0 Å². The zero-order chi connectivity index (χ0) is 9.40. The van der Waals surface area contributed by atoms with Gasteiger partial charge in [-0.3, -0.25) is 0 Å². The maximum atomic E-state index is 3.36. The molecule has 0 aliphatic rings. The van der Waals surface area contributed by atoms with E-state index in [2.05, 4.69) is 51.3 Å². The minimum atomic E-state index is 1.37. The van der Waals surface area contributed by atoms with Gasteiger partial charge in [0.2, 0.25) is 0 Å². The Hall–Kier alpha value is -1.30. The summed E-state index contributed by atoms with van der Waals surface area (Å²) in [6, 6.07) is 8.36. The van der Waals surface area contributed by atoms with E-state index in [9.17, 15) is 0 Å². The molecule has 0 heteroatoms. The number of hydrogen-bond donors (Lipinski definition) is 0. The fourth-order valence-corrected chi connectivity index (χ4v) is 0.663. The lowest BCUT2D eigenvalue weighted by Gasteiger charge is -1.93. The topological polar surface area (TPSA) is 0 Å². The highest BCUT2D eigenvalue weighted by Crippen LogP contribution is 2.02. The molecule has 0 bridgehead atoms. The lowest BCUT2D eigenvalue weighted by atomic mass is 10.1. The Bertz CT molecular complexity index is 219. The summed E-state index contributed by atoms with van der Waals surface area (Å²) < 4.78 is 0. The first-order chi connectivity index (χ1) is 5.72. The van der Waals surface area contributed by atoms with E-state index < -0.39 is 0 Å². The molecule has 0 aliphatic carbocycles. The molecule has 0 amide bonds. The number of hydrogen-bond acceptors (Lipinski definition) is 0. The van der Waals surface area contributed by atoms with Gasteiger partial charge in [0.25, 0.3) is 0 Å². The average molecular weight is 160 g/mol. The molecular weight excluding hydrogens is 144 g/mol. The van der Waals surface area contributed by atoms with Crippen LogP contribution in [0.4, 0.5) is 0 Å². The standard InChI is InChI=1S/C8H10.C4H6/c1-7-5-3-4-6-8(7)2;1-3-4-2/h3-6H,1-2H3;3-4H,1-2H2. The van der Waals surface area contributed by atoms with Gasteiger partial charge in [0.15, 0.2) is 0 Å². The van der Waals surface area contributed by atoms with Crippen molar-refractivity contribution in [3.05, 3.63) is 60.7 Å². The van der Waals surface area contributed by atoms with Crippen molar-refractivity contribution in [2.45, 2.75) is 13.8 Å². The molecule has 0 nitrogen and oxygen atoms in total.